The zero-order valence-corrected chi connectivity index (χ0v) is 11.2. The standard InChI is InChI=1S/C13H15N3O4/c1-7-5-10(17)8(6-14-7)12(19)15-9-3-4-11(18)16(2)13(9)20/h5-6,9H,3-4H2,1-2H3,(H,14,17)(H,15,19). The van der Waals surface area contributed by atoms with Gasteiger partial charge in [0.2, 0.25) is 5.91 Å². The average Bonchev–Trinajstić information content (AvgIpc) is 2.39. The molecule has 2 N–H and O–H groups in total. The lowest BCUT2D eigenvalue weighted by Crippen LogP contribution is -2.53. The van der Waals surface area contributed by atoms with Gasteiger partial charge in [-0.2, -0.15) is 0 Å². The van der Waals surface area contributed by atoms with E-state index in [-0.39, 0.29) is 24.3 Å². The van der Waals surface area contributed by atoms with Crippen LogP contribution in [0.4, 0.5) is 0 Å². The van der Waals surface area contributed by atoms with Crippen molar-refractivity contribution in [3.8, 4) is 0 Å². The Labute approximate surface area is 115 Å². The third-order valence-corrected chi connectivity index (χ3v) is 3.26. The van der Waals surface area contributed by atoms with E-state index in [2.05, 4.69) is 10.3 Å². The third kappa shape index (κ3) is 2.61. The number of carbonyl (C=O) groups is 3. The summed E-state index contributed by atoms with van der Waals surface area (Å²) in [5.41, 5.74) is 0.181. The molecule has 0 aliphatic carbocycles. The van der Waals surface area contributed by atoms with Gasteiger partial charge in [0.15, 0.2) is 5.43 Å². The topological polar surface area (TPSA) is 99.3 Å². The summed E-state index contributed by atoms with van der Waals surface area (Å²) in [7, 11) is 1.38. The van der Waals surface area contributed by atoms with Crippen molar-refractivity contribution < 1.29 is 14.4 Å². The van der Waals surface area contributed by atoms with Crippen LogP contribution < -0.4 is 10.7 Å². The van der Waals surface area contributed by atoms with E-state index in [0.717, 1.165) is 4.90 Å². The van der Waals surface area contributed by atoms with Crippen LogP contribution in [0.25, 0.3) is 0 Å². The molecule has 1 fully saturated rings. The van der Waals surface area contributed by atoms with Crippen molar-refractivity contribution in [2.75, 3.05) is 7.05 Å². The Hall–Kier alpha value is -2.44. The van der Waals surface area contributed by atoms with Crippen molar-refractivity contribution in [3.05, 3.63) is 33.7 Å². The van der Waals surface area contributed by atoms with Crippen molar-refractivity contribution in [1.82, 2.24) is 15.2 Å². The van der Waals surface area contributed by atoms with E-state index in [1.807, 2.05) is 0 Å². The van der Waals surface area contributed by atoms with Gasteiger partial charge in [-0.25, -0.2) is 0 Å². The molecule has 1 aliphatic rings. The molecule has 2 heterocycles. The highest BCUT2D eigenvalue weighted by Crippen LogP contribution is 2.11. The first-order chi connectivity index (χ1) is 9.40. The number of aryl methyl sites for hydroxylation is 1. The normalized spacial score (nSPS) is 19.1. The summed E-state index contributed by atoms with van der Waals surface area (Å²) in [5, 5.41) is 2.49. The van der Waals surface area contributed by atoms with Gasteiger partial charge in [0, 0.05) is 31.4 Å². The minimum absolute atomic E-state index is 0.0528. The number of piperidine rings is 1. The lowest BCUT2D eigenvalue weighted by molar-refractivity contribution is -0.147. The summed E-state index contributed by atoms with van der Waals surface area (Å²) in [4.78, 5) is 50.6. The molecule has 20 heavy (non-hydrogen) atoms. The predicted molar refractivity (Wildman–Crippen MR) is 70.1 cm³/mol. The Morgan fingerprint density at radius 3 is 2.75 bits per heavy atom. The maximum atomic E-state index is 12.0. The van der Waals surface area contributed by atoms with E-state index in [1.165, 1.54) is 19.3 Å². The second kappa shape index (κ2) is 5.28. The van der Waals surface area contributed by atoms with Crippen molar-refractivity contribution in [1.29, 1.82) is 0 Å². The number of likely N-dealkylation sites (tertiary alicyclic amines) is 1. The molecule has 3 amide bonds. The van der Waals surface area contributed by atoms with E-state index < -0.39 is 23.3 Å². The molecule has 7 heteroatoms. The number of hydrogen-bond acceptors (Lipinski definition) is 4. The number of nitrogens with one attached hydrogen (secondary N) is 2. The van der Waals surface area contributed by atoms with E-state index in [1.54, 1.807) is 6.92 Å². The van der Waals surface area contributed by atoms with Crippen molar-refractivity contribution in [3.63, 3.8) is 0 Å². The van der Waals surface area contributed by atoms with Crippen LogP contribution in [-0.2, 0) is 9.59 Å². The number of pyridine rings is 1. The van der Waals surface area contributed by atoms with Gasteiger partial charge < -0.3 is 10.3 Å². The van der Waals surface area contributed by atoms with Gasteiger partial charge in [0.05, 0.1) is 0 Å². The zero-order valence-electron chi connectivity index (χ0n) is 11.2. The van der Waals surface area contributed by atoms with Gasteiger partial charge in [0.1, 0.15) is 11.6 Å². The monoisotopic (exact) mass is 277 g/mol. The molecule has 1 aromatic heterocycles. The van der Waals surface area contributed by atoms with E-state index in [0.29, 0.717) is 5.69 Å². The van der Waals surface area contributed by atoms with Gasteiger partial charge in [-0.15, -0.1) is 0 Å². The van der Waals surface area contributed by atoms with Crippen LogP contribution in [-0.4, -0.2) is 40.7 Å². The Morgan fingerprint density at radius 2 is 2.10 bits per heavy atom. The third-order valence-electron chi connectivity index (χ3n) is 3.26. The summed E-state index contributed by atoms with van der Waals surface area (Å²) in [6.07, 6.45) is 1.75. The maximum Gasteiger partial charge on any atom is 0.257 e. The van der Waals surface area contributed by atoms with Gasteiger partial charge in [-0.05, 0) is 13.3 Å². The average molecular weight is 277 g/mol. The fourth-order valence-corrected chi connectivity index (χ4v) is 2.04. The van der Waals surface area contributed by atoms with E-state index in [4.69, 9.17) is 0 Å². The quantitative estimate of drug-likeness (QED) is 0.716. The molecule has 1 saturated heterocycles. The number of amides is 3. The minimum atomic E-state index is -0.772. The zero-order chi connectivity index (χ0) is 14.9. The first kappa shape index (κ1) is 14.0. The van der Waals surface area contributed by atoms with Crippen LogP contribution in [0.1, 0.15) is 28.9 Å². The number of rotatable bonds is 2. The molecule has 106 valence electrons. The maximum absolute atomic E-state index is 12.0. The van der Waals surface area contributed by atoms with Crippen LogP contribution >= 0.6 is 0 Å². The second-order valence-electron chi connectivity index (χ2n) is 4.75. The molecule has 1 atom stereocenters. The molecule has 1 unspecified atom stereocenters. The Balaban J connectivity index is 2.14. The molecular formula is C13H15N3O4. The fraction of sp³-hybridized carbons (Fsp3) is 0.385. The summed E-state index contributed by atoms with van der Waals surface area (Å²) in [5.74, 6) is -1.35. The van der Waals surface area contributed by atoms with Crippen LogP contribution in [0.15, 0.2) is 17.1 Å². The number of aromatic nitrogens is 1. The summed E-state index contributed by atoms with van der Waals surface area (Å²) in [6, 6.07) is 0.540. The summed E-state index contributed by atoms with van der Waals surface area (Å²) < 4.78 is 0. The van der Waals surface area contributed by atoms with Gasteiger partial charge in [-0.3, -0.25) is 24.1 Å². The lowest BCUT2D eigenvalue weighted by atomic mass is 10.0. The Kier molecular flexibility index (Phi) is 3.69. The molecular weight excluding hydrogens is 262 g/mol. The smallest absolute Gasteiger partial charge is 0.257 e. The lowest BCUT2D eigenvalue weighted by Gasteiger charge is -2.28. The van der Waals surface area contributed by atoms with E-state index in [9.17, 15) is 19.2 Å². The van der Waals surface area contributed by atoms with E-state index >= 15 is 0 Å². The van der Waals surface area contributed by atoms with Gasteiger partial charge in [-0.1, -0.05) is 0 Å². The van der Waals surface area contributed by atoms with Crippen molar-refractivity contribution >= 4 is 17.7 Å². The number of imide groups is 1. The van der Waals surface area contributed by atoms with Crippen molar-refractivity contribution in [2.45, 2.75) is 25.8 Å². The number of nitrogens with zero attached hydrogens (tertiary/aromatic N) is 1. The second-order valence-corrected chi connectivity index (χ2v) is 4.75. The van der Waals surface area contributed by atoms with Crippen LogP contribution in [0.2, 0.25) is 0 Å². The van der Waals surface area contributed by atoms with Gasteiger partial charge in [0.25, 0.3) is 11.8 Å². The fourth-order valence-electron chi connectivity index (χ4n) is 2.04. The predicted octanol–water partition coefficient (Wildman–Crippen LogP) is -0.439. The number of hydrogen-bond donors (Lipinski definition) is 2. The van der Waals surface area contributed by atoms with Crippen LogP contribution in [0.5, 0.6) is 0 Å². The van der Waals surface area contributed by atoms with Crippen LogP contribution in [0.3, 0.4) is 0 Å². The first-order valence-corrected chi connectivity index (χ1v) is 6.20. The first-order valence-electron chi connectivity index (χ1n) is 6.20. The molecule has 0 saturated carbocycles. The molecule has 0 spiro atoms. The molecule has 0 bridgehead atoms. The number of aromatic amines is 1. The largest absolute Gasteiger partial charge is 0.364 e. The van der Waals surface area contributed by atoms with Crippen molar-refractivity contribution in [2.24, 2.45) is 0 Å². The van der Waals surface area contributed by atoms with Gasteiger partial charge >= 0.3 is 0 Å². The molecule has 1 aliphatic heterocycles. The Bertz CT molecular complexity index is 635. The number of likely N-dealkylation sites (N-methyl/N-ethyl adjacent to an activating group) is 1. The minimum Gasteiger partial charge on any atom is -0.364 e. The number of H-pyrrole nitrogens is 1. The molecule has 1 aromatic rings. The Morgan fingerprint density at radius 1 is 1.40 bits per heavy atom. The highest BCUT2D eigenvalue weighted by molar-refractivity contribution is 6.03. The highest BCUT2D eigenvalue weighted by atomic mass is 16.2. The molecule has 2 rings (SSSR count). The van der Waals surface area contributed by atoms with Crippen LogP contribution in [0, 0.1) is 6.92 Å². The highest BCUT2D eigenvalue weighted by Gasteiger charge is 2.33. The molecule has 0 radical (unpaired) electrons. The SMILES string of the molecule is Cc1cc(=O)c(C(=O)NC2CCC(=O)N(C)C2=O)c[nH]1. The summed E-state index contributed by atoms with van der Waals surface area (Å²) >= 11 is 0. The summed E-state index contributed by atoms with van der Waals surface area (Å²) in [6.45, 7) is 1.70. The molecule has 7 nitrogen and oxygen atoms in total. The molecule has 0 aromatic carbocycles. The number of carbonyl (C=O) groups excluding carboxylic acids is 3.